The lowest BCUT2D eigenvalue weighted by atomic mass is 10.1. The number of rotatable bonds is 10. The highest BCUT2D eigenvalue weighted by Crippen LogP contribution is 2.38. The predicted octanol–water partition coefficient (Wildman–Crippen LogP) is 6.20. The van der Waals surface area contributed by atoms with Gasteiger partial charge in [-0.1, -0.05) is 0 Å². The molecule has 0 amide bonds. The summed E-state index contributed by atoms with van der Waals surface area (Å²) in [6.07, 6.45) is 8.17. The van der Waals surface area contributed by atoms with E-state index >= 15 is 0 Å². The zero-order chi connectivity index (χ0) is 26.3. The SMILES string of the molecule is CN(CCCCc1nc2ccc(C(F)(F)F)cc2[nH]1)CC1CC[C@H](n2ccc3c(NC4CC4)ncnc32)C1. The minimum Gasteiger partial charge on any atom is -0.367 e. The maximum atomic E-state index is 13.0. The average molecular weight is 526 g/mol. The molecule has 202 valence electrons. The first-order valence-electron chi connectivity index (χ1n) is 13.7. The molecule has 0 saturated heterocycles. The van der Waals surface area contributed by atoms with E-state index in [1.165, 1.54) is 31.7 Å². The maximum Gasteiger partial charge on any atom is 0.416 e. The van der Waals surface area contributed by atoms with E-state index in [4.69, 9.17) is 0 Å². The molecule has 0 bridgehead atoms. The van der Waals surface area contributed by atoms with E-state index in [2.05, 4.69) is 54.0 Å². The molecule has 6 rings (SSSR count). The van der Waals surface area contributed by atoms with Crippen molar-refractivity contribution in [3.05, 3.63) is 48.2 Å². The summed E-state index contributed by atoms with van der Waals surface area (Å²) in [4.78, 5) is 19.0. The van der Waals surface area contributed by atoms with Crippen molar-refractivity contribution in [1.29, 1.82) is 0 Å². The van der Waals surface area contributed by atoms with E-state index in [1.54, 1.807) is 6.33 Å². The number of nitrogens with one attached hydrogen (secondary N) is 2. The van der Waals surface area contributed by atoms with Gasteiger partial charge < -0.3 is 19.8 Å². The summed E-state index contributed by atoms with van der Waals surface area (Å²) in [6.45, 7) is 2.07. The number of alkyl halides is 3. The molecule has 7 nitrogen and oxygen atoms in total. The summed E-state index contributed by atoms with van der Waals surface area (Å²) in [6, 6.07) is 6.85. The molecule has 0 radical (unpaired) electrons. The van der Waals surface area contributed by atoms with E-state index in [1.807, 2.05) is 0 Å². The molecule has 2 saturated carbocycles. The Morgan fingerprint density at radius 2 is 1.97 bits per heavy atom. The summed E-state index contributed by atoms with van der Waals surface area (Å²) >= 11 is 0. The summed E-state index contributed by atoms with van der Waals surface area (Å²) < 4.78 is 41.2. The third-order valence-corrected chi connectivity index (χ3v) is 7.97. The fraction of sp³-hybridized carbons (Fsp3) is 0.536. The fourth-order valence-corrected chi connectivity index (χ4v) is 5.83. The third kappa shape index (κ3) is 5.50. The van der Waals surface area contributed by atoms with Crippen LogP contribution in [-0.2, 0) is 12.6 Å². The smallest absolute Gasteiger partial charge is 0.367 e. The molecular weight excluding hydrogens is 491 g/mol. The van der Waals surface area contributed by atoms with Gasteiger partial charge in [0.25, 0.3) is 0 Å². The highest BCUT2D eigenvalue weighted by molar-refractivity contribution is 5.87. The first-order valence-corrected chi connectivity index (χ1v) is 13.7. The van der Waals surface area contributed by atoms with E-state index in [9.17, 15) is 13.2 Å². The number of hydrogen-bond acceptors (Lipinski definition) is 5. The van der Waals surface area contributed by atoms with Gasteiger partial charge in [0.15, 0.2) is 0 Å². The average Bonchev–Trinajstić information content (AvgIpc) is 3.26. The molecule has 3 aromatic heterocycles. The molecule has 10 heteroatoms. The summed E-state index contributed by atoms with van der Waals surface area (Å²) in [7, 11) is 2.18. The van der Waals surface area contributed by atoms with Gasteiger partial charge in [-0.3, -0.25) is 0 Å². The summed E-state index contributed by atoms with van der Waals surface area (Å²) in [5.74, 6) is 2.37. The van der Waals surface area contributed by atoms with Crippen molar-refractivity contribution in [2.24, 2.45) is 5.92 Å². The molecule has 3 heterocycles. The number of halogens is 3. The van der Waals surface area contributed by atoms with Crippen molar-refractivity contribution in [3.63, 3.8) is 0 Å². The number of aryl methyl sites for hydroxylation is 1. The minimum absolute atomic E-state index is 0.445. The van der Waals surface area contributed by atoms with Crippen molar-refractivity contribution in [3.8, 4) is 0 Å². The van der Waals surface area contributed by atoms with Crippen molar-refractivity contribution in [1.82, 2.24) is 29.4 Å². The number of benzene rings is 1. The quantitative estimate of drug-likeness (QED) is 0.241. The third-order valence-electron chi connectivity index (χ3n) is 7.97. The number of nitrogens with zero attached hydrogens (tertiary/aromatic N) is 5. The Labute approximate surface area is 219 Å². The molecule has 2 fully saturated rings. The minimum atomic E-state index is -4.34. The first-order chi connectivity index (χ1) is 18.3. The van der Waals surface area contributed by atoms with Crippen LogP contribution in [0.5, 0.6) is 0 Å². The Hall–Kier alpha value is -3.14. The lowest BCUT2D eigenvalue weighted by molar-refractivity contribution is -0.137. The molecule has 2 aliphatic carbocycles. The molecule has 1 unspecified atom stereocenters. The Bertz CT molecular complexity index is 1400. The number of imidazole rings is 1. The lowest BCUT2D eigenvalue weighted by Crippen LogP contribution is -2.26. The number of hydrogen-bond donors (Lipinski definition) is 2. The van der Waals surface area contributed by atoms with E-state index in [0.29, 0.717) is 29.0 Å². The summed E-state index contributed by atoms with van der Waals surface area (Å²) in [5, 5.41) is 4.64. The van der Waals surface area contributed by atoms with Crippen molar-refractivity contribution < 1.29 is 13.2 Å². The van der Waals surface area contributed by atoms with Gasteiger partial charge in [0.1, 0.15) is 23.6 Å². The standard InChI is InChI=1S/C28H34F3N7/c1-37(12-3-2-4-25-35-23-10-6-19(28(29,30)31)15-24(23)36-25)16-18-5-9-21(14-18)38-13-11-22-26(34-20-7-8-20)32-17-33-27(22)38/h6,10-11,13,15,17-18,20-21H,2-5,7-9,12,14,16H2,1H3,(H,35,36)(H,32,33,34)/t18?,21-/m0/s1. The number of fused-ring (bicyclic) bond motifs is 2. The normalized spacial score (nSPS) is 20.2. The van der Waals surface area contributed by atoms with Gasteiger partial charge in [0, 0.05) is 31.2 Å². The number of H-pyrrole nitrogens is 1. The van der Waals surface area contributed by atoms with E-state index in [0.717, 1.165) is 73.6 Å². The number of aromatic nitrogens is 5. The van der Waals surface area contributed by atoms with Crippen LogP contribution in [0.3, 0.4) is 0 Å². The molecular formula is C28H34F3N7. The van der Waals surface area contributed by atoms with Crippen LogP contribution in [0.15, 0.2) is 36.8 Å². The second-order valence-corrected chi connectivity index (χ2v) is 11.1. The molecule has 2 atom stereocenters. The zero-order valence-corrected chi connectivity index (χ0v) is 21.6. The maximum absolute atomic E-state index is 13.0. The second-order valence-electron chi connectivity index (χ2n) is 11.1. The molecule has 1 aromatic carbocycles. The first kappa shape index (κ1) is 25.2. The van der Waals surface area contributed by atoms with Gasteiger partial charge in [-0.05, 0) is 88.7 Å². The van der Waals surface area contributed by atoms with Crippen molar-refractivity contribution in [2.45, 2.75) is 69.6 Å². The molecule has 2 N–H and O–H groups in total. The van der Waals surface area contributed by atoms with Crippen LogP contribution in [0.4, 0.5) is 19.0 Å². The van der Waals surface area contributed by atoms with Crippen LogP contribution in [0.2, 0.25) is 0 Å². The van der Waals surface area contributed by atoms with E-state index in [-0.39, 0.29) is 0 Å². The van der Waals surface area contributed by atoms with Gasteiger partial charge in [-0.2, -0.15) is 13.2 Å². The molecule has 38 heavy (non-hydrogen) atoms. The second kappa shape index (κ2) is 10.2. The number of anilines is 1. The summed E-state index contributed by atoms with van der Waals surface area (Å²) in [5.41, 5.74) is 1.41. The van der Waals surface area contributed by atoms with Gasteiger partial charge >= 0.3 is 6.18 Å². The Kier molecular flexibility index (Phi) is 6.75. The number of unbranched alkanes of at least 4 members (excludes halogenated alkanes) is 1. The Morgan fingerprint density at radius 1 is 1.11 bits per heavy atom. The molecule has 0 aliphatic heterocycles. The monoisotopic (exact) mass is 525 g/mol. The highest BCUT2D eigenvalue weighted by Gasteiger charge is 2.31. The largest absolute Gasteiger partial charge is 0.416 e. The van der Waals surface area contributed by atoms with Crippen LogP contribution in [0.1, 0.15) is 62.4 Å². The van der Waals surface area contributed by atoms with Gasteiger partial charge in [0.2, 0.25) is 0 Å². The van der Waals surface area contributed by atoms with Crippen molar-refractivity contribution >= 4 is 27.9 Å². The number of aromatic amines is 1. The Morgan fingerprint density at radius 3 is 2.79 bits per heavy atom. The van der Waals surface area contributed by atoms with Gasteiger partial charge in [-0.15, -0.1) is 0 Å². The fourth-order valence-electron chi connectivity index (χ4n) is 5.83. The van der Waals surface area contributed by atoms with Crippen LogP contribution >= 0.6 is 0 Å². The molecule has 2 aliphatic rings. The zero-order valence-electron chi connectivity index (χ0n) is 21.6. The lowest BCUT2D eigenvalue weighted by Gasteiger charge is -2.21. The van der Waals surface area contributed by atoms with Crippen molar-refractivity contribution in [2.75, 3.05) is 25.5 Å². The van der Waals surface area contributed by atoms with Gasteiger partial charge in [-0.25, -0.2) is 15.0 Å². The van der Waals surface area contributed by atoms with Crippen LogP contribution in [-0.4, -0.2) is 55.6 Å². The highest BCUT2D eigenvalue weighted by atomic mass is 19.4. The van der Waals surface area contributed by atoms with Crippen LogP contribution in [0, 0.1) is 5.92 Å². The van der Waals surface area contributed by atoms with Crippen LogP contribution in [0.25, 0.3) is 22.1 Å². The molecule has 4 aromatic rings. The van der Waals surface area contributed by atoms with E-state index < -0.39 is 11.7 Å². The van der Waals surface area contributed by atoms with Crippen LogP contribution < -0.4 is 5.32 Å². The molecule has 0 spiro atoms. The predicted molar refractivity (Wildman–Crippen MR) is 142 cm³/mol. The topological polar surface area (TPSA) is 74.7 Å². The Balaban J connectivity index is 0.967. The van der Waals surface area contributed by atoms with Gasteiger partial charge in [0.05, 0.1) is 22.0 Å².